The molecule has 184 valence electrons. The van der Waals surface area contributed by atoms with Crippen LogP contribution in [-0.4, -0.2) is 39.1 Å². The summed E-state index contributed by atoms with van der Waals surface area (Å²) in [6, 6.07) is 9.49. The number of hydrogen-bond acceptors (Lipinski definition) is 7. The summed E-state index contributed by atoms with van der Waals surface area (Å²) < 4.78 is 12.4. The molecule has 0 saturated carbocycles. The number of aromatic nitrogens is 3. The molecule has 1 unspecified atom stereocenters. The van der Waals surface area contributed by atoms with Crippen LogP contribution in [0.3, 0.4) is 0 Å². The first-order valence-corrected chi connectivity index (χ1v) is 12.4. The van der Waals surface area contributed by atoms with Crippen LogP contribution < -0.4 is 20.1 Å². The molecule has 0 aliphatic carbocycles. The minimum atomic E-state index is -0.404. The maximum atomic E-state index is 12.9. The van der Waals surface area contributed by atoms with Gasteiger partial charge in [-0.05, 0) is 42.3 Å². The van der Waals surface area contributed by atoms with Gasteiger partial charge in [0.05, 0.1) is 22.5 Å². The predicted octanol–water partition coefficient (Wildman–Crippen LogP) is 4.71. The Morgan fingerprint density at radius 1 is 1.11 bits per heavy atom. The summed E-state index contributed by atoms with van der Waals surface area (Å²) in [6.07, 6.45) is 0. The van der Waals surface area contributed by atoms with E-state index in [-0.39, 0.29) is 30.3 Å². The van der Waals surface area contributed by atoms with Crippen LogP contribution in [0.4, 0.5) is 5.69 Å². The SMILES string of the molecule is CC(C)C(NC(=O)c1ccc2c(c1)OCO2)c1nnc(SCC(=O)Nc2cc(Cl)ccc2Cl)n1C. The second kappa shape index (κ2) is 10.8. The van der Waals surface area contributed by atoms with Gasteiger partial charge in [-0.2, -0.15) is 0 Å². The fourth-order valence-electron chi connectivity index (χ4n) is 3.42. The molecule has 0 saturated heterocycles. The fraction of sp³-hybridized carbons (Fsp3) is 0.304. The maximum absolute atomic E-state index is 12.9. The largest absolute Gasteiger partial charge is 0.454 e. The van der Waals surface area contributed by atoms with Crippen LogP contribution in [0.5, 0.6) is 11.5 Å². The van der Waals surface area contributed by atoms with Crippen molar-refractivity contribution in [3.05, 3.63) is 57.8 Å². The number of halogens is 2. The van der Waals surface area contributed by atoms with Gasteiger partial charge in [0.15, 0.2) is 22.5 Å². The van der Waals surface area contributed by atoms with E-state index in [9.17, 15) is 9.59 Å². The Labute approximate surface area is 216 Å². The molecule has 2 N–H and O–H groups in total. The lowest BCUT2D eigenvalue weighted by atomic mass is 10.0. The molecule has 1 aromatic heterocycles. The van der Waals surface area contributed by atoms with Crippen molar-refractivity contribution in [3.8, 4) is 11.5 Å². The molecule has 1 atom stereocenters. The molecule has 2 amide bonds. The van der Waals surface area contributed by atoms with E-state index in [1.54, 1.807) is 48.0 Å². The highest BCUT2D eigenvalue weighted by Crippen LogP contribution is 2.33. The zero-order valence-electron chi connectivity index (χ0n) is 19.2. The summed E-state index contributed by atoms with van der Waals surface area (Å²) in [5, 5.41) is 15.7. The van der Waals surface area contributed by atoms with E-state index < -0.39 is 6.04 Å². The molecule has 9 nitrogen and oxygen atoms in total. The van der Waals surface area contributed by atoms with Crippen molar-refractivity contribution >= 4 is 52.5 Å². The summed E-state index contributed by atoms with van der Waals surface area (Å²) >= 11 is 13.3. The van der Waals surface area contributed by atoms with Gasteiger partial charge < -0.3 is 24.7 Å². The van der Waals surface area contributed by atoms with E-state index in [1.807, 2.05) is 13.8 Å². The number of nitrogens with one attached hydrogen (secondary N) is 2. The summed E-state index contributed by atoms with van der Waals surface area (Å²) in [5.41, 5.74) is 0.891. The maximum Gasteiger partial charge on any atom is 0.252 e. The first kappa shape index (κ1) is 25.2. The third-order valence-electron chi connectivity index (χ3n) is 5.27. The quantitative estimate of drug-likeness (QED) is 0.402. The molecule has 12 heteroatoms. The van der Waals surface area contributed by atoms with Crippen molar-refractivity contribution in [1.82, 2.24) is 20.1 Å². The van der Waals surface area contributed by atoms with E-state index in [0.717, 1.165) is 0 Å². The molecule has 0 spiro atoms. The topological polar surface area (TPSA) is 107 Å². The van der Waals surface area contributed by atoms with Crippen LogP contribution in [0.2, 0.25) is 10.0 Å². The van der Waals surface area contributed by atoms with Gasteiger partial charge in [-0.3, -0.25) is 9.59 Å². The van der Waals surface area contributed by atoms with Gasteiger partial charge in [0.1, 0.15) is 0 Å². The number of carbonyl (C=O) groups is 2. The Hall–Kier alpha value is -2.95. The number of thioether (sulfide) groups is 1. The van der Waals surface area contributed by atoms with Gasteiger partial charge in [0.25, 0.3) is 5.91 Å². The normalized spacial score (nSPS) is 13.1. The van der Waals surface area contributed by atoms with Crippen molar-refractivity contribution in [1.29, 1.82) is 0 Å². The first-order chi connectivity index (χ1) is 16.7. The highest BCUT2D eigenvalue weighted by atomic mass is 35.5. The number of amides is 2. The molecule has 2 aromatic carbocycles. The number of hydrogen-bond donors (Lipinski definition) is 2. The van der Waals surface area contributed by atoms with Crippen LogP contribution in [0, 0.1) is 5.92 Å². The molecule has 2 heterocycles. The van der Waals surface area contributed by atoms with Crippen molar-refractivity contribution in [2.75, 3.05) is 17.9 Å². The molecule has 1 aliphatic rings. The average Bonchev–Trinajstić information content (AvgIpc) is 3.44. The summed E-state index contributed by atoms with van der Waals surface area (Å²) in [7, 11) is 1.80. The molecule has 1 aliphatic heterocycles. The van der Waals surface area contributed by atoms with Crippen LogP contribution in [0.15, 0.2) is 41.6 Å². The zero-order valence-corrected chi connectivity index (χ0v) is 21.5. The number of nitrogens with zero attached hydrogens (tertiary/aromatic N) is 3. The van der Waals surface area contributed by atoms with Crippen LogP contribution >= 0.6 is 35.0 Å². The summed E-state index contributed by atoms with van der Waals surface area (Å²) in [4.78, 5) is 25.4. The highest BCUT2D eigenvalue weighted by Gasteiger charge is 2.26. The van der Waals surface area contributed by atoms with Gasteiger partial charge in [-0.1, -0.05) is 48.8 Å². The summed E-state index contributed by atoms with van der Waals surface area (Å²) in [6.45, 7) is 4.10. The minimum absolute atomic E-state index is 0.0296. The molecule has 3 aromatic rings. The number of carbonyl (C=O) groups excluding carboxylic acids is 2. The lowest BCUT2D eigenvalue weighted by Gasteiger charge is -2.21. The van der Waals surface area contributed by atoms with Crippen molar-refractivity contribution < 1.29 is 19.1 Å². The molecule has 0 bridgehead atoms. The number of ether oxygens (including phenoxy) is 2. The van der Waals surface area contributed by atoms with Crippen molar-refractivity contribution in [3.63, 3.8) is 0 Å². The van der Waals surface area contributed by atoms with E-state index in [2.05, 4.69) is 20.8 Å². The Morgan fingerprint density at radius 2 is 1.89 bits per heavy atom. The van der Waals surface area contributed by atoms with Gasteiger partial charge in [0.2, 0.25) is 12.7 Å². The van der Waals surface area contributed by atoms with Gasteiger partial charge in [-0.15, -0.1) is 10.2 Å². The van der Waals surface area contributed by atoms with Gasteiger partial charge in [-0.25, -0.2) is 0 Å². The van der Waals surface area contributed by atoms with Gasteiger partial charge >= 0.3 is 0 Å². The smallest absolute Gasteiger partial charge is 0.252 e. The first-order valence-electron chi connectivity index (χ1n) is 10.7. The summed E-state index contributed by atoms with van der Waals surface area (Å²) in [5.74, 6) is 1.31. The Bertz CT molecular complexity index is 1270. The number of anilines is 1. The van der Waals surface area contributed by atoms with Gasteiger partial charge in [0, 0.05) is 17.6 Å². The van der Waals surface area contributed by atoms with Crippen LogP contribution in [0.1, 0.15) is 36.1 Å². The van der Waals surface area contributed by atoms with E-state index >= 15 is 0 Å². The zero-order chi connectivity index (χ0) is 25.1. The lowest BCUT2D eigenvalue weighted by molar-refractivity contribution is -0.113. The fourth-order valence-corrected chi connectivity index (χ4v) is 4.48. The third kappa shape index (κ3) is 5.83. The Balaban J connectivity index is 1.42. The molecule has 35 heavy (non-hydrogen) atoms. The molecule has 4 rings (SSSR count). The third-order valence-corrected chi connectivity index (χ3v) is 6.85. The second-order valence-corrected chi connectivity index (χ2v) is 9.91. The number of rotatable bonds is 8. The minimum Gasteiger partial charge on any atom is -0.454 e. The standard InChI is InChI=1S/C23H23Cl2N5O4S/c1-12(2)20(27-22(32)13-4-7-17-18(8-13)34-11-33-17)21-28-29-23(30(21)3)35-10-19(31)26-16-9-14(24)5-6-15(16)25/h4-9,12,20H,10-11H2,1-3H3,(H,26,31)(H,27,32). The van der Waals surface area contributed by atoms with E-state index in [4.69, 9.17) is 32.7 Å². The van der Waals surface area contributed by atoms with E-state index in [1.165, 1.54) is 11.8 Å². The predicted molar refractivity (Wildman–Crippen MR) is 134 cm³/mol. The highest BCUT2D eigenvalue weighted by molar-refractivity contribution is 7.99. The number of fused-ring (bicyclic) bond motifs is 1. The molecular formula is C23H23Cl2N5O4S. The number of benzene rings is 2. The Kier molecular flexibility index (Phi) is 7.73. The van der Waals surface area contributed by atoms with E-state index in [0.29, 0.717) is 43.8 Å². The monoisotopic (exact) mass is 535 g/mol. The second-order valence-electron chi connectivity index (χ2n) is 8.12. The van der Waals surface area contributed by atoms with Crippen molar-refractivity contribution in [2.45, 2.75) is 25.0 Å². The van der Waals surface area contributed by atoms with Crippen LogP contribution in [0.25, 0.3) is 0 Å². The lowest BCUT2D eigenvalue weighted by Crippen LogP contribution is -2.33. The molecule has 0 radical (unpaired) electrons. The molecular weight excluding hydrogens is 513 g/mol. The molecule has 0 fully saturated rings. The average molecular weight is 536 g/mol. The van der Waals surface area contributed by atoms with Crippen LogP contribution in [-0.2, 0) is 11.8 Å². The van der Waals surface area contributed by atoms with Crippen molar-refractivity contribution in [2.24, 2.45) is 13.0 Å². The Morgan fingerprint density at radius 3 is 2.66 bits per heavy atom.